The molecule has 48 heavy (non-hydrogen) atoms. The summed E-state index contributed by atoms with van der Waals surface area (Å²) in [5, 5.41) is 6.64. The van der Waals surface area contributed by atoms with Crippen molar-refractivity contribution in [1.82, 2.24) is 9.97 Å². The second-order valence-corrected chi connectivity index (χ2v) is 12.2. The summed E-state index contributed by atoms with van der Waals surface area (Å²) in [4.78, 5) is 10.1. The van der Waals surface area contributed by atoms with Crippen LogP contribution in [0.4, 0.5) is 0 Å². The first-order valence-electron chi connectivity index (χ1n) is 16.1. The Hall–Kier alpha value is -6.52. The molecule has 7 aromatic carbocycles. The molecule has 4 nitrogen and oxygen atoms in total. The summed E-state index contributed by atoms with van der Waals surface area (Å²) in [6, 6.07) is 54.3. The Morgan fingerprint density at radius 2 is 0.875 bits per heavy atom. The molecule has 0 radical (unpaired) electrons. The molecule has 3 heterocycles. The SMILES string of the molecule is c1ccc(-c2nc(-c3ccc4c(c3)oc3ccccc34)cc(-c3ccc4c(c3)oc3c5ccccc5c(-c5ccccc5)cc43)n2)cc1. The zero-order valence-corrected chi connectivity index (χ0v) is 25.7. The number of para-hydroxylation sites is 1. The number of fused-ring (bicyclic) bond motifs is 8. The summed E-state index contributed by atoms with van der Waals surface area (Å²) in [5.41, 5.74) is 10.3. The number of rotatable bonds is 4. The van der Waals surface area contributed by atoms with Gasteiger partial charge in [-0.2, -0.15) is 0 Å². The molecule has 0 spiro atoms. The van der Waals surface area contributed by atoms with Crippen LogP contribution in [0.15, 0.2) is 167 Å². The first-order valence-corrected chi connectivity index (χ1v) is 16.1. The Morgan fingerprint density at radius 3 is 1.58 bits per heavy atom. The number of hydrogen-bond donors (Lipinski definition) is 0. The fraction of sp³-hybridized carbons (Fsp3) is 0. The van der Waals surface area contributed by atoms with Crippen molar-refractivity contribution >= 4 is 54.6 Å². The van der Waals surface area contributed by atoms with Gasteiger partial charge in [-0.1, -0.05) is 115 Å². The second kappa shape index (κ2) is 10.5. The molecule has 10 rings (SSSR count). The van der Waals surface area contributed by atoms with Gasteiger partial charge >= 0.3 is 0 Å². The largest absolute Gasteiger partial charge is 0.456 e. The first kappa shape index (κ1) is 26.7. The van der Waals surface area contributed by atoms with Gasteiger partial charge < -0.3 is 8.83 Å². The standard InChI is InChI=1S/C44H26N2O2/c1-3-11-27(12-4-1)36-25-37-34-22-20-30(24-42(34)48-43(37)35-17-8-7-15-31(35)36)39-26-38(45-44(46-39)28-13-5-2-6-14-28)29-19-21-33-32-16-9-10-18-40(32)47-41(33)23-29/h1-26H. The summed E-state index contributed by atoms with van der Waals surface area (Å²) in [7, 11) is 0. The lowest BCUT2D eigenvalue weighted by atomic mass is 9.95. The molecule has 224 valence electrons. The number of hydrogen-bond acceptors (Lipinski definition) is 4. The molecule has 0 saturated heterocycles. The molecular weight excluding hydrogens is 588 g/mol. The van der Waals surface area contributed by atoms with Crippen molar-refractivity contribution in [2.75, 3.05) is 0 Å². The third-order valence-electron chi connectivity index (χ3n) is 9.29. The molecule has 0 aliphatic rings. The zero-order chi connectivity index (χ0) is 31.6. The van der Waals surface area contributed by atoms with E-state index in [-0.39, 0.29) is 0 Å². The van der Waals surface area contributed by atoms with E-state index in [2.05, 4.69) is 109 Å². The lowest BCUT2D eigenvalue weighted by Crippen LogP contribution is -1.95. The predicted octanol–water partition coefficient (Wildman–Crippen LogP) is 12.1. The minimum absolute atomic E-state index is 0.663. The van der Waals surface area contributed by atoms with E-state index < -0.39 is 0 Å². The molecule has 0 saturated carbocycles. The topological polar surface area (TPSA) is 52.1 Å². The van der Waals surface area contributed by atoms with Crippen LogP contribution in [-0.4, -0.2) is 9.97 Å². The van der Waals surface area contributed by atoms with E-state index in [0.717, 1.165) is 77.3 Å². The zero-order valence-electron chi connectivity index (χ0n) is 25.7. The highest BCUT2D eigenvalue weighted by Gasteiger charge is 2.17. The Labute approximate surface area is 275 Å². The van der Waals surface area contributed by atoms with Crippen LogP contribution in [0.2, 0.25) is 0 Å². The lowest BCUT2D eigenvalue weighted by Gasteiger charge is -2.09. The van der Waals surface area contributed by atoms with Crippen LogP contribution in [0.5, 0.6) is 0 Å². The van der Waals surface area contributed by atoms with Gasteiger partial charge in [0.05, 0.1) is 11.4 Å². The van der Waals surface area contributed by atoms with Crippen molar-refractivity contribution in [2.24, 2.45) is 0 Å². The molecule has 0 atom stereocenters. The molecule has 0 N–H and O–H groups in total. The first-order chi connectivity index (χ1) is 23.8. The summed E-state index contributed by atoms with van der Waals surface area (Å²) in [6.07, 6.45) is 0. The Morgan fingerprint density at radius 1 is 0.333 bits per heavy atom. The molecule has 0 fully saturated rings. The molecule has 3 aromatic heterocycles. The van der Waals surface area contributed by atoms with Crippen molar-refractivity contribution < 1.29 is 8.83 Å². The molecular formula is C44H26N2O2. The third-order valence-corrected chi connectivity index (χ3v) is 9.29. The number of benzene rings is 7. The minimum Gasteiger partial charge on any atom is -0.456 e. The van der Waals surface area contributed by atoms with Crippen LogP contribution in [-0.2, 0) is 0 Å². The van der Waals surface area contributed by atoms with Gasteiger partial charge in [0.15, 0.2) is 5.82 Å². The summed E-state index contributed by atoms with van der Waals surface area (Å²) in [5.74, 6) is 0.663. The van der Waals surface area contributed by atoms with Gasteiger partial charge in [0.1, 0.15) is 22.3 Å². The van der Waals surface area contributed by atoms with Crippen molar-refractivity contribution in [3.63, 3.8) is 0 Å². The second-order valence-electron chi connectivity index (χ2n) is 12.2. The average Bonchev–Trinajstić information content (AvgIpc) is 3.72. The highest BCUT2D eigenvalue weighted by Crippen LogP contribution is 2.41. The van der Waals surface area contributed by atoms with Crippen LogP contribution in [0.3, 0.4) is 0 Å². The van der Waals surface area contributed by atoms with Crippen molar-refractivity contribution in [3.05, 3.63) is 158 Å². The van der Waals surface area contributed by atoms with E-state index in [9.17, 15) is 0 Å². The van der Waals surface area contributed by atoms with Gasteiger partial charge in [-0.15, -0.1) is 0 Å². The maximum atomic E-state index is 6.67. The van der Waals surface area contributed by atoms with Crippen LogP contribution in [0.25, 0.3) is 99.7 Å². The van der Waals surface area contributed by atoms with E-state index in [4.69, 9.17) is 18.8 Å². The minimum atomic E-state index is 0.663. The molecule has 0 amide bonds. The van der Waals surface area contributed by atoms with Gasteiger partial charge in [-0.05, 0) is 59.0 Å². The molecule has 0 unspecified atom stereocenters. The molecule has 4 heteroatoms. The normalized spacial score (nSPS) is 11.8. The van der Waals surface area contributed by atoms with Crippen LogP contribution >= 0.6 is 0 Å². The van der Waals surface area contributed by atoms with Crippen LogP contribution in [0, 0.1) is 0 Å². The highest BCUT2D eigenvalue weighted by molar-refractivity contribution is 6.19. The van der Waals surface area contributed by atoms with E-state index in [1.54, 1.807) is 0 Å². The van der Waals surface area contributed by atoms with Crippen molar-refractivity contribution in [1.29, 1.82) is 0 Å². The summed E-state index contributed by atoms with van der Waals surface area (Å²) >= 11 is 0. The van der Waals surface area contributed by atoms with Gasteiger partial charge in [-0.3, -0.25) is 0 Å². The predicted molar refractivity (Wildman–Crippen MR) is 196 cm³/mol. The molecule has 0 aliphatic carbocycles. The van der Waals surface area contributed by atoms with Crippen molar-refractivity contribution in [3.8, 4) is 45.0 Å². The van der Waals surface area contributed by atoms with E-state index in [1.165, 1.54) is 16.5 Å². The highest BCUT2D eigenvalue weighted by atomic mass is 16.3. The Kier molecular flexibility index (Phi) is 5.84. The third kappa shape index (κ3) is 4.24. The number of furan rings is 2. The van der Waals surface area contributed by atoms with Crippen LogP contribution < -0.4 is 0 Å². The van der Waals surface area contributed by atoms with E-state index >= 15 is 0 Å². The maximum absolute atomic E-state index is 6.67. The Bertz CT molecular complexity index is 2830. The van der Waals surface area contributed by atoms with Gasteiger partial charge in [0, 0.05) is 43.6 Å². The summed E-state index contributed by atoms with van der Waals surface area (Å²) < 4.78 is 12.9. The fourth-order valence-corrected chi connectivity index (χ4v) is 6.96. The fourth-order valence-electron chi connectivity index (χ4n) is 6.96. The maximum Gasteiger partial charge on any atom is 0.160 e. The smallest absolute Gasteiger partial charge is 0.160 e. The Balaban J connectivity index is 1.16. The monoisotopic (exact) mass is 614 g/mol. The van der Waals surface area contributed by atoms with Crippen LogP contribution in [0.1, 0.15) is 0 Å². The van der Waals surface area contributed by atoms with E-state index in [1.807, 2.05) is 48.5 Å². The number of nitrogens with zero attached hydrogens (tertiary/aromatic N) is 2. The van der Waals surface area contributed by atoms with Gasteiger partial charge in [0.2, 0.25) is 0 Å². The molecule has 0 bridgehead atoms. The van der Waals surface area contributed by atoms with E-state index in [0.29, 0.717) is 5.82 Å². The molecule has 0 aliphatic heterocycles. The average molecular weight is 615 g/mol. The molecule has 10 aromatic rings. The van der Waals surface area contributed by atoms with Gasteiger partial charge in [0.25, 0.3) is 0 Å². The lowest BCUT2D eigenvalue weighted by molar-refractivity contribution is 0.669. The van der Waals surface area contributed by atoms with Gasteiger partial charge in [-0.25, -0.2) is 9.97 Å². The quantitative estimate of drug-likeness (QED) is 0.198. The number of aromatic nitrogens is 2. The summed E-state index contributed by atoms with van der Waals surface area (Å²) in [6.45, 7) is 0. The van der Waals surface area contributed by atoms with Crippen molar-refractivity contribution in [2.45, 2.75) is 0 Å².